The number of aromatic carboxylic acids is 1. The van der Waals surface area contributed by atoms with Gasteiger partial charge in [-0.15, -0.1) is 0 Å². The van der Waals surface area contributed by atoms with E-state index >= 15 is 0 Å². The molecule has 0 aliphatic rings. The standard InChI is InChI=1S/C20H15BrN2O4/c21-16-6-4-13(5-7-16)10-19(24)23-22-12-17-8-9-18(27-17)14-2-1-3-15(11-14)20(25)26/h1-9,11-12H,10H2,(H,23,24)(H,25,26)/b22-12-. The van der Waals surface area contributed by atoms with Crippen molar-refractivity contribution >= 4 is 34.0 Å². The third-order valence-electron chi connectivity index (χ3n) is 3.68. The molecular weight excluding hydrogens is 412 g/mol. The minimum Gasteiger partial charge on any atom is -0.478 e. The third-order valence-corrected chi connectivity index (χ3v) is 4.21. The Morgan fingerprint density at radius 3 is 2.63 bits per heavy atom. The number of benzene rings is 2. The van der Waals surface area contributed by atoms with Gasteiger partial charge < -0.3 is 9.52 Å². The number of rotatable bonds is 6. The molecule has 0 bridgehead atoms. The van der Waals surface area contributed by atoms with Crippen molar-refractivity contribution in [3.05, 3.63) is 82.0 Å². The van der Waals surface area contributed by atoms with Gasteiger partial charge in [0.2, 0.25) is 5.91 Å². The van der Waals surface area contributed by atoms with E-state index in [4.69, 9.17) is 9.52 Å². The van der Waals surface area contributed by atoms with Crippen molar-refractivity contribution in [2.75, 3.05) is 0 Å². The monoisotopic (exact) mass is 426 g/mol. The maximum atomic E-state index is 11.9. The highest BCUT2D eigenvalue weighted by molar-refractivity contribution is 9.10. The molecule has 0 saturated heterocycles. The number of amides is 1. The van der Waals surface area contributed by atoms with Crippen LogP contribution in [-0.4, -0.2) is 23.2 Å². The molecule has 2 N–H and O–H groups in total. The molecule has 3 aromatic rings. The van der Waals surface area contributed by atoms with Crippen molar-refractivity contribution in [2.24, 2.45) is 5.10 Å². The number of nitrogens with one attached hydrogen (secondary N) is 1. The van der Waals surface area contributed by atoms with Crippen molar-refractivity contribution in [3.63, 3.8) is 0 Å². The van der Waals surface area contributed by atoms with E-state index in [1.165, 1.54) is 18.3 Å². The number of hydrogen-bond acceptors (Lipinski definition) is 4. The summed E-state index contributed by atoms with van der Waals surface area (Å²) in [6, 6.07) is 17.3. The molecule has 27 heavy (non-hydrogen) atoms. The quantitative estimate of drug-likeness (QED) is 0.458. The van der Waals surface area contributed by atoms with Crippen LogP contribution in [0.4, 0.5) is 0 Å². The van der Waals surface area contributed by atoms with E-state index < -0.39 is 5.97 Å². The normalized spacial score (nSPS) is 10.9. The van der Waals surface area contributed by atoms with Crippen LogP contribution in [-0.2, 0) is 11.2 Å². The average Bonchev–Trinajstić information content (AvgIpc) is 3.13. The molecule has 7 heteroatoms. The van der Waals surface area contributed by atoms with Gasteiger partial charge in [-0.1, -0.05) is 40.2 Å². The van der Waals surface area contributed by atoms with Gasteiger partial charge in [0.1, 0.15) is 11.5 Å². The number of carbonyl (C=O) groups excluding carboxylic acids is 1. The van der Waals surface area contributed by atoms with Gasteiger partial charge in [-0.2, -0.15) is 5.10 Å². The molecular formula is C20H15BrN2O4. The van der Waals surface area contributed by atoms with E-state index in [2.05, 4.69) is 26.5 Å². The Morgan fingerprint density at radius 2 is 1.89 bits per heavy atom. The van der Waals surface area contributed by atoms with Crippen molar-refractivity contribution in [3.8, 4) is 11.3 Å². The minimum atomic E-state index is -1.00. The molecule has 1 aromatic heterocycles. The predicted octanol–water partition coefficient (Wildman–Crippen LogP) is 4.10. The van der Waals surface area contributed by atoms with Crippen LogP contribution in [0.3, 0.4) is 0 Å². The number of hydrogen-bond donors (Lipinski definition) is 2. The number of hydrazone groups is 1. The minimum absolute atomic E-state index is 0.180. The molecule has 6 nitrogen and oxygen atoms in total. The molecule has 2 aromatic carbocycles. The molecule has 0 unspecified atom stereocenters. The summed E-state index contributed by atoms with van der Waals surface area (Å²) in [6.45, 7) is 0. The van der Waals surface area contributed by atoms with Gasteiger partial charge in [0.05, 0.1) is 18.2 Å². The number of carboxylic acids is 1. The summed E-state index contributed by atoms with van der Waals surface area (Å²) in [5, 5.41) is 12.9. The topological polar surface area (TPSA) is 91.9 Å². The first kappa shape index (κ1) is 18.6. The van der Waals surface area contributed by atoms with Crippen molar-refractivity contribution < 1.29 is 19.1 Å². The van der Waals surface area contributed by atoms with Crippen LogP contribution in [0.25, 0.3) is 11.3 Å². The van der Waals surface area contributed by atoms with Gasteiger partial charge >= 0.3 is 5.97 Å². The van der Waals surface area contributed by atoms with Gasteiger partial charge in [-0.05, 0) is 42.0 Å². The van der Waals surface area contributed by atoms with Crippen LogP contribution in [0.15, 0.2) is 74.7 Å². The highest BCUT2D eigenvalue weighted by Gasteiger charge is 2.08. The van der Waals surface area contributed by atoms with E-state index in [0.29, 0.717) is 17.1 Å². The second kappa shape index (κ2) is 8.46. The van der Waals surface area contributed by atoms with Crippen molar-refractivity contribution in [1.82, 2.24) is 5.43 Å². The number of carbonyl (C=O) groups is 2. The maximum absolute atomic E-state index is 11.9. The lowest BCUT2D eigenvalue weighted by molar-refractivity contribution is -0.120. The SMILES string of the molecule is O=C(Cc1ccc(Br)cc1)N/N=C\c1ccc(-c2cccc(C(=O)O)c2)o1. The molecule has 0 atom stereocenters. The summed E-state index contributed by atoms with van der Waals surface area (Å²) in [7, 11) is 0. The van der Waals surface area contributed by atoms with Gasteiger partial charge in [0, 0.05) is 10.0 Å². The third kappa shape index (κ3) is 5.15. The van der Waals surface area contributed by atoms with Gasteiger partial charge in [-0.25, -0.2) is 10.2 Å². The van der Waals surface area contributed by atoms with E-state index in [1.54, 1.807) is 24.3 Å². The van der Waals surface area contributed by atoms with E-state index in [-0.39, 0.29) is 17.9 Å². The Labute approximate surface area is 163 Å². The molecule has 0 aliphatic heterocycles. The fourth-order valence-corrected chi connectivity index (χ4v) is 2.64. The Kier molecular flexibility index (Phi) is 5.83. The molecule has 0 aliphatic carbocycles. The fraction of sp³-hybridized carbons (Fsp3) is 0.0500. The Bertz CT molecular complexity index is 993. The predicted molar refractivity (Wildman–Crippen MR) is 105 cm³/mol. The summed E-state index contributed by atoms with van der Waals surface area (Å²) in [6.07, 6.45) is 1.61. The number of furan rings is 1. The molecule has 1 heterocycles. The lowest BCUT2D eigenvalue weighted by Gasteiger charge is -2.00. The zero-order chi connectivity index (χ0) is 19.2. The molecule has 0 spiro atoms. The average molecular weight is 427 g/mol. The Hall–Kier alpha value is -3.19. The Balaban J connectivity index is 1.60. The summed E-state index contributed by atoms with van der Waals surface area (Å²) >= 11 is 3.35. The molecule has 0 radical (unpaired) electrons. The zero-order valence-electron chi connectivity index (χ0n) is 14.1. The zero-order valence-corrected chi connectivity index (χ0v) is 15.6. The molecule has 1 amide bonds. The largest absolute Gasteiger partial charge is 0.478 e. The van der Waals surface area contributed by atoms with E-state index in [0.717, 1.165) is 10.0 Å². The van der Waals surface area contributed by atoms with Gasteiger partial charge in [-0.3, -0.25) is 4.79 Å². The fourth-order valence-electron chi connectivity index (χ4n) is 2.38. The molecule has 0 fully saturated rings. The summed E-state index contributed by atoms with van der Waals surface area (Å²) < 4.78 is 6.57. The van der Waals surface area contributed by atoms with Crippen LogP contribution in [0.5, 0.6) is 0 Å². The first-order valence-electron chi connectivity index (χ1n) is 8.01. The first-order chi connectivity index (χ1) is 13.0. The van der Waals surface area contributed by atoms with Crippen molar-refractivity contribution in [2.45, 2.75) is 6.42 Å². The van der Waals surface area contributed by atoms with Crippen LogP contribution >= 0.6 is 15.9 Å². The second-order valence-corrected chi connectivity index (χ2v) is 6.60. The van der Waals surface area contributed by atoms with E-state index in [9.17, 15) is 9.59 Å². The highest BCUT2D eigenvalue weighted by atomic mass is 79.9. The van der Waals surface area contributed by atoms with E-state index in [1.807, 2.05) is 24.3 Å². The molecule has 0 saturated carbocycles. The van der Waals surface area contributed by atoms with Crippen LogP contribution in [0.1, 0.15) is 21.7 Å². The van der Waals surface area contributed by atoms with Gasteiger partial charge in [0.25, 0.3) is 0 Å². The summed E-state index contributed by atoms with van der Waals surface area (Å²) in [5.41, 5.74) is 4.15. The van der Waals surface area contributed by atoms with Crippen LogP contribution < -0.4 is 5.43 Å². The lowest BCUT2D eigenvalue weighted by Crippen LogP contribution is -2.19. The van der Waals surface area contributed by atoms with Crippen LogP contribution in [0.2, 0.25) is 0 Å². The second-order valence-electron chi connectivity index (χ2n) is 5.68. The molecule has 136 valence electrons. The Morgan fingerprint density at radius 1 is 1.11 bits per heavy atom. The first-order valence-corrected chi connectivity index (χ1v) is 8.80. The van der Waals surface area contributed by atoms with Gasteiger partial charge in [0.15, 0.2) is 0 Å². The number of halogens is 1. The maximum Gasteiger partial charge on any atom is 0.335 e. The summed E-state index contributed by atoms with van der Waals surface area (Å²) in [4.78, 5) is 22.9. The summed E-state index contributed by atoms with van der Waals surface area (Å²) in [5.74, 6) is -0.288. The van der Waals surface area contributed by atoms with Crippen LogP contribution in [0, 0.1) is 0 Å². The van der Waals surface area contributed by atoms with Crippen molar-refractivity contribution in [1.29, 1.82) is 0 Å². The molecule has 3 rings (SSSR count). The smallest absolute Gasteiger partial charge is 0.335 e. The highest BCUT2D eigenvalue weighted by Crippen LogP contribution is 2.22. The number of carboxylic acid groups (broad SMARTS) is 1. The lowest BCUT2D eigenvalue weighted by atomic mass is 10.1. The number of nitrogens with zero attached hydrogens (tertiary/aromatic N) is 1.